The first kappa shape index (κ1) is 32.0. The monoisotopic (exact) mass is 592 g/mol. The van der Waals surface area contributed by atoms with Crippen molar-refractivity contribution in [2.75, 3.05) is 0 Å². The van der Waals surface area contributed by atoms with Crippen molar-refractivity contribution in [1.29, 1.82) is 0 Å². The molecule has 0 aromatic heterocycles. The van der Waals surface area contributed by atoms with Crippen LogP contribution < -0.4 is 0 Å². The zero-order valence-electron chi connectivity index (χ0n) is 26.9. The quantitative estimate of drug-likeness (QED) is 0.271. The van der Waals surface area contributed by atoms with Crippen molar-refractivity contribution in [2.24, 2.45) is 50.7 Å². The van der Waals surface area contributed by atoms with E-state index in [1.807, 2.05) is 19.1 Å². The third-order valence-corrected chi connectivity index (χ3v) is 13.9. The first-order chi connectivity index (χ1) is 20.1. The van der Waals surface area contributed by atoms with Gasteiger partial charge in [-0.25, -0.2) is 4.79 Å². The predicted octanol–water partition coefficient (Wildman–Crippen LogP) is 7.45. The van der Waals surface area contributed by atoms with Gasteiger partial charge in [-0.2, -0.15) is 0 Å². The van der Waals surface area contributed by atoms with Gasteiger partial charge in [-0.15, -0.1) is 6.58 Å². The third kappa shape index (κ3) is 4.18. The summed E-state index contributed by atoms with van der Waals surface area (Å²) in [7, 11) is 0. The van der Waals surface area contributed by atoms with Crippen LogP contribution in [0.4, 0.5) is 0 Å². The minimum Gasteiger partial charge on any atom is -0.481 e. The maximum Gasteiger partial charge on any atom is 0.335 e. The molecule has 1 aromatic rings. The highest BCUT2D eigenvalue weighted by molar-refractivity contribution is 5.88. The lowest BCUT2D eigenvalue weighted by atomic mass is 9.31. The second-order valence-corrected chi connectivity index (χ2v) is 15.6. The van der Waals surface area contributed by atoms with Gasteiger partial charge in [0.25, 0.3) is 0 Å². The van der Waals surface area contributed by atoms with Crippen LogP contribution in [0.15, 0.2) is 43.0 Å². The predicted molar refractivity (Wildman–Crippen MR) is 168 cm³/mol. The van der Waals surface area contributed by atoms with Crippen molar-refractivity contribution < 1.29 is 30.0 Å². The Labute approximate surface area is 257 Å². The third-order valence-electron chi connectivity index (χ3n) is 13.9. The van der Waals surface area contributed by atoms with Crippen molar-refractivity contribution >= 4 is 17.5 Å². The summed E-state index contributed by atoms with van der Waals surface area (Å²) in [5.41, 5.74) is 0.258. The number of fused-ring (bicyclic) bond motifs is 7. The van der Waals surface area contributed by atoms with Crippen molar-refractivity contribution in [3.8, 4) is 0 Å². The molecule has 0 bridgehead atoms. The number of aliphatic hydroxyl groups excluding tert-OH is 2. The smallest absolute Gasteiger partial charge is 0.335 e. The Morgan fingerprint density at radius 1 is 0.884 bits per heavy atom. The molecule has 10 atom stereocenters. The molecule has 0 saturated heterocycles. The number of aliphatic carboxylic acids is 1. The van der Waals surface area contributed by atoms with E-state index in [9.17, 15) is 30.0 Å². The second-order valence-electron chi connectivity index (χ2n) is 15.6. The fourth-order valence-corrected chi connectivity index (χ4v) is 11.8. The molecule has 0 radical (unpaired) electrons. The first-order valence-corrected chi connectivity index (χ1v) is 16.3. The Balaban J connectivity index is 0.00000118. The van der Waals surface area contributed by atoms with Crippen LogP contribution in [0.1, 0.15) is 109 Å². The van der Waals surface area contributed by atoms with Crippen molar-refractivity contribution in [1.82, 2.24) is 0 Å². The highest BCUT2D eigenvalue weighted by Crippen LogP contribution is 2.77. The average molecular weight is 593 g/mol. The summed E-state index contributed by atoms with van der Waals surface area (Å²) in [5.74, 6) is -1.15. The van der Waals surface area contributed by atoms with Crippen molar-refractivity contribution in [2.45, 2.75) is 105 Å². The maximum absolute atomic E-state index is 12.6. The first-order valence-electron chi connectivity index (χ1n) is 16.3. The Morgan fingerprint density at radius 3 is 2.09 bits per heavy atom. The molecule has 5 aliphatic rings. The largest absolute Gasteiger partial charge is 0.481 e. The van der Waals surface area contributed by atoms with Gasteiger partial charge in [-0.05, 0) is 110 Å². The molecule has 0 amide bonds. The van der Waals surface area contributed by atoms with Crippen LogP contribution in [0.3, 0.4) is 0 Å². The zero-order valence-corrected chi connectivity index (χ0v) is 26.9. The summed E-state index contributed by atoms with van der Waals surface area (Å²) in [6.45, 7) is 16.6. The molecule has 4 N–H and O–H groups in total. The van der Waals surface area contributed by atoms with E-state index in [1.54, 1.807) is 18.2 Å². The SMILES string of the molecule is C=CC.CC1(C)C(c2ccc(C(=O)O)cc2)=CCC2(C)C1CC(O)C1(C)C2CCC2[C@H]3CCCC3(C(=O)O)C[C@H](O)[C@]21C. The van der Waals surface area contributed by atoms with Crippen LogP contribution in [0.2, 0.25) is 0 Å². The highest BCUT2D eigenvalue weighted by Gasteiger charge is 2.75. The van der Waals surface area contributed by atoms with Gasteiger partial charge in [0, 0.05) is 10.8 Å². The number of aromatic carboxylic acids is 1. The maximum atomic E-state index is 12.6. The lowest BCUT2D eigenvalue weighted by molar-refractivity contribution is -0.292. The molecule has 0 heterocycles. The molecule has 6 heteroatoms. The lowest BCUT2D eigenvalue weighted by Crippen LogP contribution is -2.73. The number of carboxylic acid groups (broad SMARTS) is 2. The van der Waals surface area contributed by atoms with E-state index in [0.29, 0.717) is 12.8 Å². The number of benzene rings is 1. The van der Waals surface area contributed by atoms with Crippen LogP contribution in [0, 0.1) is 50.7 Å². The van der Waals surface area contributed by atoms with Gasteiger partial charge in [-0.1, -0.05) is 65.3 Å². The minimum absolute atomic E-state index is 0.0528. The molecule has 1 aromatic carbocycles. The molecule has 0 spiro atoms. The van der Waals surface area contributed by atoms with Crippen molar-refractivity contribution in [3.05, 3.63) is 54.1 Å². The summed E-state index contributed by atoms with van der Waals surface area (Å²) < 4.78 is 0. The van der Waals surface area contributed by atoms with Gasteiger partial charge in [0.1, 0.15) is 0 Å². The molecular formula is C37H52O6. The molecule has 7 unspecified atom stereocenters. The molecule has 0 aliphatic heterocycles. The van der Waals surface area contributed by atoms with Crippen LogP contribution in [-0.2, 0) is 4.79 Å². The molecule has 236 valence electrons. The molecule has 6 nitrogen and oxygen atoms in total. The van der Waals surface area contributed by atoms with Gasteiger partial charge >= 0.3 is 11.9 Å². The van der Waals surface area contributed by atoms with Crippen LogP contribution in [0.5, 0.6) is 0 Å². The lowest BCUT2D eigenvalue weighted by Gasteiger charge is -2.73. The Kier molecular flexibility index (Phi) is 7.87. The second kappa shape index (κ2) is 10.6. The van der Waals surface area contributed by atoms with Gasteiger partial charge in [-0.3, -0.25) is 4.79 Å². The standard InChI is InChI=1S/C34H46O6.C3H6/c1-30(2)21(19-8-10-20(11-9-19)28(37)38)14-16-31(3)24-13-12-22-23-7-6-15-34(23,29(39)40)18-27(36)32(22,4)33(24,5)26(35)17-25(30)31;1-3-2/h8-11,14,22-27,35-36H,6-7,12-13,15-18H2,1-5H3,(H,37,38)(H,39,40);3H,1H2,2H3/t22?,23-,24?,25?,26?,27+,31?,32+,33?,34?;/m1./s1. The van der Waals surface area contributed by atoms with E-state index in [4.69, 9.17) is 0 Å². The number of aliphatic hydroxyl groups is 2. The summed E-state index contributed by atoms with van der Waals surface area (Å²) in [5, 5.41) is 43.9. The minimum atomic E-state index is -0.933. The van der Waals surface area contributed by atoms with E-state index in [1.165, 1.54) is 5.57 Å². The highest BCUT2D eigenvalue weighted by atomic mass is 16.4. The summed E-state index contributed by atoms with van der Waals surface area (Å²) in [4.78, 5) is 24.0. The number of rotatable bonds is 3. The van der Waals surface area contributed by atoms with Gasteiger partial charge in [0.2, 0.25) is 0 Å². The van der Waals surface area contributed by atoms with Crippen LogP contribution in [-0.4, -0.2) is 44.6 Å². The Morgan fingerprint density at radius 2 is 1.51 bits per heavy atom. The summed E-state index contributed by atoms with van der Waals surface area (Å²) in [6, 6.07) is 7.15. The van der Waals surface area contributed by atoms with E-state index in [0.717, 1.165) is 37.7 Å². The molecular weight excluding hydrogens is 540 g/mol. The topological polar surface area (TPSA) is 115 Å². The Bertz CT molecular complexity index is 1310. The fourth-order valence-electron chi connectivity index (χ4n) is 11.8. The number of allylic oxidation sites excluding steroid dienone is 3. The van der Waals surface area contributed by atoms with Crippen LogP contribution >= 0.6 is 0 Å². The van der Waals surface area contributed by atoms with E-state index in [-0.39, 0.29) is 46.5 Å². The van der Waals surface area contributed by atoms with E-state index < -0.39 is 40.4 Å². The van der Waals surface area contributed by atoms with E-state index >= 15 is 0 Å². The molecule has 5 aliphatic carbocycles. The average Bonchev–Trinajstić information content (AvgIpc) is 3.37. The Hall–Kier alpha value is -2.44. The van der Waals surface area contributed by atoms with Crippen LogP contribution in [0.25, 0.3) is 5.57 Å². The molecule has 4 fully saturated rings. The fraction of sp³-hybridized carbons (Fsp3) is 0.676. The summed E-state index contributed by atoms with van der Waals surface area (Å²) >= 11 is 0. The van der Waals surface area contributed by atoms with Crippen molar-refractivity contribution in [3.63, 3.8) is 0 Å². The number of hydrogen-bond acceptors (Lipinski definition) is 4. The van der Waals surface area contributed by atoms with Gasteiger partial charge < -0.3 is 20.4 Å². The normalized spacial score (nSPS) is 44.2. The number of carbonyl (C=O) groups is 2. The molecule has 43 heavy (non-hydrogen) atoms. The van der Waals surface area contributed by atoms with E-state index in [2.05, 4.69) is 47.3 Å². The van der Waals surface area contributed by atoms with Gasteiger partial charge in [0.15, 0.2) is 0 Å². The van der Waals surface area contributed by atoms with Gasteiger partial charge in [0.05, 0.1) is 23.2 Å². The molecule has 6 rings (SSSR count). The summed E-state index contributed by atoms with van der Waals surface area (Å²) in [6.07, 6.45) is 8.79. The zero-order chi connectivity index (χ0) is 31.8. The number of hydrogen-bond donors (Lipinski definition) is 4. The number of carboxylic acids is 2. The molecule has 4 saturated carbocycles.